The molecule has 34 heavy (non-hydrogen) atoms. The highest BCUT2D eigenvalue weighted by Gasteiger charge is 2.33. The molecular weight excluding hydrogens is 462 g/mol. The number of halogens is 1. The largest absolute Gasteiger partial charge is 0.348 e. The van der Waals surface area contributed by atoms with E-state index in [1.807, 2.05) is 18.2 Å². The van der Waals surface area contributed by atoms with Gasteiger partial charge in [-0.3, -0.25) is 9.69 Å². The first-order valence-corrected chi connectivity index (χ1v) is 12.7. The first-order valence-electron chi connectivity index (χ1n) is 11.9. The van der Waals surface area contributed by atoms with Crippen LogP contribution >= 0.6 is 24.2 Å². The zero-order chi connectivity index (χ0) is 22.8. The number of nitrogens with zero attached hydrogens (tertiary/aromatic N) is 2. The topological polar surface area (TPSA) is 35.6 Å². The minimum atomic E-state index is -0.0286. The SMILES string of the molecule is CCC(N1CCCC1)N1c2ccccc2Sc2ccc(C(=O)NCc3ccccc3C)cc21.Cl. The summed E-state index contributed by atoms with van der Waals surface area (Å²) in [5, 5.41) is 3.12. The van der Waals surface area contributed by atoms with E-state index in [0.717, 1.165) is 30.8 Å². The van der Waals surface area contributed by atoms with Crippen molar-refractivity contribution < 1.29 is 4.79 Å². The number of hydrogen-bond donors (Lipinski definition) is 1. The summed E-state index contributed by atoms with van der Waals surface area (Å²) in [5.74, 6) is -0.0286. The molecule has 1 N–H and O–H groups in total. The number of likely N-dealkylation sites (tertiary alicyclic amines) is 1. The highest BCUT2D eigenvalue weighted by atomic mass is 35.5. The standard InChI is InChI=1S/C28H31N3OS.ClH/c1-3-27(30-16-8-9-17-30)31-23-12-6-7-13-25(23)33-26-15-14-21(18-24(26)31)28(32)29-19-22-11-5-4-10-20(22)2;/h4-7,10-15,18,27H,3,8-9,16-17,19H2,1-2H3,(H,29,32);1H. The van der Waals surface area contributed by atoms with Gasteiger partial charge in [-0.2, -0.15) is 0 Å². The molecule has 6 heteroatoms. The van der Waals surface area contributed by atoms with E-state index < -0.39 is 0 Å². The second kappa shape index (κ2) is 10.9. The van der Waals surface area contributed by atoms with Crippen LogP contribution < -0.4 is 10.2 Å². The van der Waals surface area contributed by atoms with Gasteiger partial charge in [-0.15, -0.1) is 12.4 Å². The van der Waals surface area contributed by atoms with Crippen LogP contribution in [0.5, 0.6) is 0 Å². The van der Waals surface area contributed by atoms with Gasteiger partial charge in [0.15, 0.2) is 0 Å². The zero-order valence-corrected chi connectivity index (χ0v) is 21.4. The maximum absolute atomic E-state index is 13.1. The molecule has 1 fully saturated rings. The number of amides is 1. The summed E-state index contributed by atoms with van der Waals surface area (Å²) in [4.78, 5) is 20.7. The van der Waals surface area contributed by atoms with Crippen LogP contribution in [0.15, 0.2) is 76.5 Å². The summed E-state index contributed by atoms with van der Waals surface area (Å²) in [5.41, 5.74) is 5.43. The fourth-order valence-electron chi connectivity index (χ4n) is 4.97. The number of rotatable bonds is 6. The maximum Gasteiger partial charge on any atom is 0.251 e. The van der Waals surface area contributed by atoms with Gasteiger partial charge in [0.2, 0.25) is 0 Å². The lowest BCUT2D eigenvalue weighted by Crippen LogP contribution is -2.45. The van der Waals surface area contributed by atoms with Crippen LogP contribution in [0, 0.1) is 6.92 Å². The van der Waals surface area contributed by atoms with Gasteiger partial charge in [-0.1, -0.05) is 55.1 Å². The molecule has 0 aliphatic carbocycles. The monoisotopic (exact) mass is 493 g/mol. The van der Waals surface area contributed by atoms with Crippen molar-refractivity contribution in [1.82, 2.24) is 10.2 Å². The Morgan fingerprint density at radius 1 is 0.971 bits per heavy atom. The van der Waals surface area contributed by atoms with Crippen molar-refractivity contribution in [3.63, 3.8) is 0 Å². The third kappa shape index (κ3) is 4.83. The van der Waals surface area contributed by atoms with E-state index in [4.69, 9.17) is 0 Å². The second-order valence-electron chi connectivity index (χ2n) is 8.86. The van der Waals surface area contributed by atoms with E-state index in [1.165, 1.54) is 33.9 Å². The molecule has 0 spiro atoms. The molecule has 0 saturated carbocycles. The maximum atomic E-state index is 13.1. The van der Waals surface area contributed by atoms with E-state index >= 15 is 0 Å². The Kier molecular flexibility index (Phi) is 7.87. The molecule has 2 heterocycles. The summed E-state index contributed by atoms with van der Waals surface area (Å²) < 4.78 is 0. The quantitative estimate of drug-likeness (QED) is 0.410. The minimum Gasteiger partial charge on any atom is -0.348 e. The minimum absolute atomic E-state index is 0. The first-order chi connectivity index (χ1) is 16.2. The van der Waals surface area contributed by atoms with E-state index in [9.17, 15) is 4.79 Å². The van der Waals surface area contributed by atoms with Crippen LogP contribution in [-0.4, -0.2) is 30.1 Å². The van der Waals surface area contributed by atoms with Gasteiger partial charge in [0, 0.05) is 35.0 Å². The number of carbonyl (C=O) groups is 1. The molecule has 1 atom stereocenters. The van der Waals surface area contributed by atoms with Crippen LogP contribution in [0.25, 0.3) is 0 Å². The van der Waals surface area contributed by atoms with Crippen molar-refractivity contribution in [3.05, 3.63) is 83.4 Å². The van der Waals surface area contributed by atoms with Gasteiger partial charge in [0.25, 0.3) is 5.91 Å². The lowest BCUT2D eigenvalue weighted by Gasteiger charge is -2.42. The van der Waals surface area contributed by atoms with Gasteiger partial charge in [0.05, 0.1) is 17.5 Å². The van der Waals surface area contributed by atoms with Gasteiger partial charge in [-0.25, -0.2) is 0 Å². The number of hydrogen-bond acceptors (Lipinski definition) is 4. The summed E-state index contributed by atoms with van der Waals surface area (Å²) in [6, 6.07) is 23.0. The highest BCUT2D eigenvalue weighted by molar-refractivity contribution is 7.99. The Balaban J connectivity index is 0.00000274. The van der Waals surface area contributed by atoms with E-state index in [-0.39, 0.29) is 18.3 Å². The Labute approximate surface area is 213 Å². The van der Waals surface area contributed by atoms with Crippen LogP contribution in [-0.2, 0) is 6.54 Å². The zero-order valence-electron chi connectivity index (χ0n) is 19.8. The predicted molar refractivity (Wildman–Crippen MR) is 144 cm³/mol. The smallest absolute Gasteiger partial charge is 0.251 e. The molecule has 2 aliphatic rings. The van der Waals surface area contributed by atoms with E-state index in [0.29, 0.717) is 18.3 Å². The van der Waals surface area contributed by atoms with Gasteiger partial charge in [0.1, 0.15) is 0 Å². The van der Waals surface area contributed by atoms with Gasteiger partial charge in [-0.05, 0) is 67.6 Å². The molecule has 1 amide bonds. The van der Waals surface area contributed by atoms with Crippen molar-refractivity contribution in [3.8, 4) is 0 Å². The summed E-state index contributed by atoms with van der Waals surface area (Å²) in [7, 11) is 0. The van der Waals surface area contributed by atoms with Crippen molar-refractivity contribution in [2.75, 3.05) is 18.0 Å². The molecule has 5 rings (SSSR count). The van der Waals surface area contributed by atoms with E-state index in [2.05, 4.69) is 77.5 Å². The fraction of sp³-hybridized carbons (Fsp3) is 0.321. The number of fused-ring (bicyclic) bond motifs is 2. The first kappa shape index (κ1) is 24.6. The number of aryl methyl sites for hydroxylation is 1. The number of benzene rings is 3. The normalized spacial score (nSPS) is 15.8. The number of nitrogens with one attached hydrogen (secondary N) is 1. The molecule has 1 saturated heterocycles. The van der Waals surface area contributed by atoms with Crippen molar-refractivity contribution in [1.29, 1.82) is 0 Å². The third-order valence-corrected chi connectivity index (χ3v) is 7.88. The Bertz CT molecular complexity index is 1160. The van der Waals surface area contributed by atoms with Crippen molar-refractivity contribution >= 4 is 41.5 Å². The molecule has 1 unspecified atom stereocenters. The van der Waals surface area contributed by atoms with Crippen molar-refractivity contribution in [2.24, 2.45) is 0 Å². The molecule has 0 bridgehead atoms. The molecule has 4 nitrogen and oxygen atoms in total. The summed E-state index contributed by atoms with van der Waals surface area (Å²) in [6.45, 7) is 7.16. The Hall–Kier alpha value is -2.47. The number of para-hydroxylation sites is 1. The van der Waals surface area contributed by atoms with Crippen LogP contribution in [0.3, 0.4) is 0 Å². The second-order valence-corrected chi connectivity index (χ2v) is 9.95. The molecule has 3 aromatic carbocycles. The average Bonchev–Trinajstić information content (AvgIpc) is 3.38. The Morgan fingerprint density at radius 2 is 1.68 bits per heavy atom. The Morgan fingerprint density at radius 3 is 2.44 bits per heavy atom. The van der Waals surface area contributed by atoms with Gasteiger partial charge >= 0.3 is 0 Å². The number of anilines is 2. The molecule has 3 aromatic rings. The number of carbonyl (C=O) groups excluding carboxylic acids is 1. The van der Waals surface area contributed by atoms with E-state index in [1.54, 1.807) is 11.8 Å². The predicted octanol–water partition coefficient (Wildman–Crippen LogP) is 6.78. The van der Waals surface area contributed by atoms with Gasteiger partial charge < -0.3 is 10.2 Å². The lowest BCUT2D eigenvalue weighted by atomic mass is 10.1. The van der Waals surface area contributed by atoms with Crippen molar-refractivity contribution in [2.45, 2.75) is 55.6 Å². The van der Waals surface area contributed by atoms with Crippen LogP contribution in [0.2, 0.25) is 0 Å². The fourth-order valence-corrected chi connectivity index (χ4v) is 6.03. The molecular formula is C28H32ClN3OS. The summed E-state index contributed by atoms with van der Waals surface area (Å²) in [6.07, 6.45) is 3.84. The highest BCUT2D eigenvalue weighted by Crippen LogP contribution is 2.50. The molecule has 0 radical (unpaired) electrons. The molecule has 178 valence electrons. The van der Waals surface area contributed by atoms with Crippen LogP contribution in [0.1, 0.15) is 47.7 Å². The molecule has 0 aromatic heterocycles. The summed E-state index contributed by atoms with van der Waals surface area (Å²) >= 11 is 1.80. The van der Waals surface area contributed by atoms with Crippen LogP contribution in [0.4, 0.5) is 11.4 Å². The third-order valence-electron chi connectivity index (χ3n) is 6.75. The lowest BCUT2D eigenvalue weighted by molar-refractivity contribution is 0.0951. The molecule has 2 aliphatic heterocycles. The average molecular weight is 494 g/mol.